The van der Waals surface area contributed by atoms with Crippen LogP contribution in [0.5, 0.6) is 0 Å². The molecule has 0 aromatic rings. The summed E-state index contributed by atoms with van der Waals surface area (Å²) in [5.41, 5.74) is 3.32. The fourth-order valence-electron chi connectivity index (χ4n) is 3.56. The van der Waals surface area contributed by atoms with E-state index in [4.69, 9.17) is 4.74 Å². The Morgan fingerprint density at radius 2 is 1.84 bits per heavy atom. The Bertz CT molecular complexity index is 639. The van der Waals surface area contributed by atoms with Crippen LogP contribution < -0.4 is 0 Å². The average molecular weight is 343 g/mol. The number of carbonyl (C=O) groups excluding carboxylic acids is 1. The van der Waals surface area contributed by atoms with Gasteiger partial charge in [0, 0.05) is 12.8 Å². The lowest BCUT2D eigenvalue weighted by Gasteiger charge is -2.39. The smallest absolute Gasteiger partial charge is 0.166 e. The van der Waals surface area contributed by atoms with Crippen molar-refractivity contribution in [3.8, 4) is 0 Å². The van der Waals surface area contributed by atoms with Crippen molar-refractivity contribution in [2.45, 2.75) is 85.7 Å². The van der Waals surface area contributed by atoms with Gasteiger partial charge in [-0.1, -0.05) is 37.1 Å². The second kappa shape index (κ2) is 7.76. The van der Waals surface area contributed by atoms with Crippen molar-refractivity contribution in [1.29, 1.82) is 0 Å². The number of carbonyl (C=O) groups is 1. The van der Waals surface area contributed by atoms with Crippen LogP contribution in [-0.2, 0) is 9.53 Å². The molecule has 0 amide bonds. The first kappa shape index (κ1) is 19.8. The first-order valence-corrected chi connectivity index (χ1v) is 9.54. The van der Waals surface area contributed by atoms with Gasteiger partial charge in [-0.2, -0.15) is 0 Å². The van der Waals surface area contributed by atoms with E-state index in [1.807, 2.05) is 6.08 Å². The lowest BCUT2D eigenvalue weighted by Crippen LogP contribution is -2.35. The summed E-state index contributed by atoms with van der Waals surface area (Å²) in [4.78, 5) is 12.3. The predicted octanol–water partition coefficient (Wildman–Crippen LogP) is 6.45. The average Bonchev–Trinajstić information content (AvgIpc) is 2.44. The molecule has 2 rings (SSSR count). The normalized spacial score (nSPS) is 25.5. The highest BCUT2D eigenvalue weighted by molar-refractivity contribution is 6.00. The third-order valence-corrected chi connectivity index (χ3v) is 5.06. The molecule has 0 fully saturated rings. The Morgan fingerprint density at radius 1 is 1.12 bits per heavy atom. The van der Waals surface area contributed by atoms with E-state index in [9.17, 15) is 4.79 Å². The molecule has 0 aromatic heterocycles. The van der Waals surface area contributed by atoms with Gasteiger partial charge in [0.1, 0.15) is 11.4 Å². The molecule has 0 spiro atoms. The van der Waals surface area contributed by atoms with Crippen molar-refractivity contribution in [3.63, 3.8) is 0 Å². The van der Waals surface area contributed by atoms with Gasteiger partial charge in [0.05, 0.1) is 5.57 Å². The molecule has 0 bridgehead atoms. The second-order valence-electron chi connectivity index (χ2n) is 8.94. The van der Waals surface area contributed by atoms with Gasteiger partial charge in [-0.3, -0.25) is 4.79 Å². The van der Waals surface area contributed by atoms with E-state index in [0.717, 1.165) is 43.4 Å². The summed E-state index contributed by atoms with van der Waals surface area (Å²) in [5.74, 6) is 1.12. The number of ketones is 1. The first-order chi connectivity index (χ1) is 11.6. The van der Waals surface area contributed by atoms with Crippen LogP contribution in [0, 0.1) is 5.41 Å². The van der Waals surface area contributed by atoms with Crippen LogP contribution in [0.4, 0.5) is 0 Å². The Hall–Kier alpha value is -1.57. The molecule has 0 radical (unpaired) electrons. The quantitative estimate of drug-likeness (QED) is 0.519. The van der Waals surface area contributed by atoms with Crippen molar-refractivity contribution < 1.29 is 9.53 Å². The lowest BCUT2D eigenvalue weighted by atomic mass is 9.75. The molecule has 1 aliphatic heterocycles. The van der Waals surface area contributed by atoms with Gasteiger partial charge in [-0.15, -0.1) is 0 Å². The highest BCUT2D eigenvalue weighted by Gasteiger charge is 2.38. The fourth-order valence-corrected chi connectivity index (χ4v) is 3.56. The zero-order chi connectivity index (χ0) is 18.7. The Morgan fingerprint density at radius 3 is 2.52 bits per heavy atom. The largest absolute Gasteiger partial charge is 0.487 e. The highest BCUT2D eigenvalue weighted by Crippen LogP contribution is 2.42. The van der Waals surface area contributed by atoms with Crippen LogP contribution in [0.3, 0.4) is 0 Å². The van der Waals surface area contributed by atoms with Gasteiger partial charge in [0.2, 0.25) is 0 Å². The zero-order valence-corrected chi connectivity index (χ0v) is 16.9. The van der Waals surface area contributed by atoms with E-state index < -0.39 is 0 Å². The minimum absolute atomic E-state index is 0.00340. The fraction of sp³-hybridized carbons (Fsp3) is 0.609. The molecule has 0 N–H and O–H groups in total. The van der Waals surface area contributed by atoms with Gasteiger partial charge in [-0.05, 0) is 70.9 Å². The van der Waals surface area contributed by atoms with Crippen LogP contribution in [-0.4, -0.2) is 11.4 Å². The van der Waals surface area contributed by atoms with Crippen LogP contribution in [0.15, 0.2) is 46.8 Å². The van der Waals surface area contributed by atoms with E-state index in [2.05, 4.69) is 59.8 Å². The molecule has 1 aliphatic carbocycles. The summed E-state index contributed by atoms with van der Waals surface area (Å²) < 4.78 is 6.31. The van der Waals surface area contributed by atoms with Crippen molar-refractivity contribution in [2.75, 3.05) is 0 Å². The molecule has 0 aromatic carbocycles. The molecular formula is C23H34O2. The van der Waals surface area contributed by atoms with Gasteiger partial charge >= 0.3 is 0 Å². The van der Waals surface area contributed by atoms with Gasteiger partial charge in [0.25, 0.3) is 0 Å². The number of hydrogen-bond donors (Lipinski definition) is 0. The lowest BCUT2D eigenvalue weighted by molar-refractivity contribution is -0.119. The minimum Gasteiger partial charge on any atom is -0.487 e. The predicted molar refractivity (Wildman–Crippen MR) is 105 cm³/mol. The number of Topliss-reactive ketones (excluding diaryl/α,β-unsaturated/α-hetero) is 1. The van der Waals surface area contributed by atoms with Crippen molar-refractivity contribution in [2.24, 2.45) is 5.41 Å². The number of hydrogen-bond acceptors (Lipinski definition) is 2. The number of ether oxygens (including phenoxy) is 1. The minimum atomic E-state index is -0.302. The van der Waals surface area contributed by atoms with Crippen LogP contribution in [0.2, 0.25) is 0 Å². The molecule has 1 atom stereocenters. The molecule has 0 saturated heterocycles. The van der Waals surface area contributed by atoms with E-state index in [1.165, 1.54) is 11.1 Å². The standard InChI is InChI=1S/C23H34O2/c1-17(2)9-7-10-18(3)11-8-13-23(6)14-12-19-20(24)15-22(4,5)16-21(19)25-23/h9,11-12,14H,7-8,10,13,15-16H2,1-6H3/b18-11+. The van der Waals surface area contributed by atoms with Gasteiger partial charge in [0.15, 0.2) is 5.78 Å². The Kier molecular flexibility index (Phi) is 6.13. The van der Waals surface area contributed by atoms with Gasteiger partial charge in [-0.25, -0.2) is 0 Å². The Balaban J connectivity index is 1.93. The SMILES string of the molecule is CC(C)=CCC/C(C)=C/CCC1(C)C=CC2=C(CC(C)(C)CC2=O)O1. The summed E-state index contributed by atoms with van der Waals surface area (Å²) in [6.45, 7) is 12.9. The van der Waals surface area contributed by atoms with E-state index in [0.29, 0.717) is 6.42 Å². The molecular weight excluding hydrogens is 308 g/mol. The van der Waals surface area contributed by atoms with E-state index >= 15 is 0 Å². The molecule has 1 heterocycles. The summed E-state index contributed by atoms with van der Waals surface area (Å²) in [5, 5.41) is 0. The maximum atomic E-state index is 12.3. The van der Waals surface area contributed by atoms with Crippen molar-refractivity contribution >= 4 is 5.78 Å². The topological polar surface area (TPSA) is 26.3 Å². The van der Waals surface area contributed by atoms with Crippen molar-refractivity contribution in [1.82, 2.24) is 0 Å². The molecule has 25 heavy (non-hydrogen) atoms. The maximum absolute atomic E-state index is 12.3. The second-order valence-corrected chi connectivity index (χ2v) is 8.94. The molecule has 138 valence electrons. The van der Waals surface area contributed by atoms with Crippen molar-refractivity contribution in [3.05, 3.63) is 46.8 Å². The Labute approximate surface area is 153 Å². The third kappa shape index (κ3) is 5.73. The van der Waals surface area contributed by atoms with E-state index in [-0.39, 0.29) is 16.8 Å². The molecule has 2 heteroatoms. The highest BCUT2D eigenvalue weighted by atomic mass is 16.5. The summed E-state index contributed by atoms with van der Waals surface area (Å²) in [6, 6.07) is 0. The third-order valence-electron chi connectivity index (χ3n) is 5.06. The maximum Gasteiger partial charge on any atom is 0.166 e. The molecule has 2 aliphatic rings. The van der Waals surface area contributed by atoms with Crippen LogP contribution in [0.1, 0.15) is 80.1 Å². The summed E-state index contributed by atoms with van der Waals surface area (Å²) in [6.07, 6.45) is 14.4. The first-order valence-electron chi connectivity index (χ1n) is 9.54. The molecule has 0 saturated carbocycles. The van der Waals surface area contributed by atoms with Crippen LogP contribution in [0.25, 0.3) is 0 Å². The molecule has 2 nitrogen and oxygen atoms in total. The van der Waals surface area contributed by atoms with Crippen LogP contribution >= 0.6 is 0 Å². The number of rotatable bonds is 6. The number of allylic oxidation sites excluding steroid dienone is 7. The summed E-state index contributed by atoms with van der Waals surface area (Å²) in [7, 11) is 0. The molecule has 1 unspecified atom stereocenters. The zero-order valence-electron chi connectivity index (χ0n) is 16.9. The van der Waals surface area contributed by atoms with E-state index in [1.54, 1.807) is 0 Å². The summed E-state index contributed by atoms with van der Waals surface area (Å²) >= 11 is 0. The monoisotopic (exact) mass is 342 g/mol. The van der Waals surface area contributed by atoms with Gasteiger partial charge < -0.3 is 4.74 Å².